The Balaban J connectivity index is 2.44. The Labute approximate surface area is 93.2 Å². The van der Waals surface area contributed by atoms with Gasteiger partial charge in [0.05, 0.1) is 0 Å². The minimum Gasteiger partial charge on any atom is -0.294 e. The number of aryl methyl sites for hydroxylation is 2. The van der Waals surface area contributed by atoms with Crippen LogP contribution >= 0.6 is 0 Å². The van der Waals surface area contributed by atoms with Crippen LogP contribution < -0.4 is 5.56 Å². The highest BCUT2D eigenvalue weighted by atomic mass is 16.1. The van der Waals surface area contributed by atoms with Crippen molar-refractivity contribution in [2.75, 3.05) is 0 Å². The number of hydrogen-bond acceptors (Lipinski definition) is 3. The highest BCUT2D eigenvalue weighted by Gasteiger charge is 2.05. The number of aromatic amines is 1. The van der Waals surface area contributed by atoms with Crippen molar-refractivity contribution in [3.63, 3.8) is 0 Å². The standard InChI is InChI=1S/C11H14N4O/c1-3-4-9-6-11(16)15(14-9)10-5-8(2)12-7-13-10/h5-7,14H,3-4H2,1-2H3. The van der Waals surface area contributed by atoms with E-state index in [1.165, 1.54) is 11.0 Å². The third-order valence-electron chi connectivity index (χ3n) is 2.31. The molecule has 0 spiro atoms. The molecule has 0 fully saturated rings. The summed E-state index contributed by atoms with van der Waals surface area (Å²) in [4.78, 5) is 19.8. The molecule has 2 aromatic heterocycles. The fourth-order valence-corrected chi connectivity index (χ4v) is 1.57. The summed E-state index contributed by atoms with van der Waals surface area (Å²) in [5, 5.41) is 3.04. The maximum absolute atomic E-state index is 11.7. The Morgan fingerprint density at radius 2 is 2.19 bits per heavy atom. The van der Waals surface area contributed by atoms with E-state index >= 15 is 0 Å². The van der Waals surface area contributed by atoms with E-state index in [1.54, 1.807) is 12.1 Å². The topological polar surface area (TPSA) is 63.6 Å². The van der Waals surface area contributed by atoms with Crippen molar-refractivity contribution in [1.29, 1.82) is 0 Å². The zero-order valence-corrected chi connectivity index (χ0v) is 9.40. The van der Waals surface area contributed by atoms with Gasteiger partial charge in [-0.1, -0.05) is 13.3 Å². The molecular weight excluding hydrogens is 204 g/mol. The van der Waals surface area contributed by atoms with Crippen LogP contribution in [0.25, 0.3) is 5.82 Å². The van der Waals surface area contributed by atoms with Crippen LogP contribution in [-0.2, 0) is 6.42 Å². The summed E-state index contributed by atoms with van der Waals surface area (Å²) in [6.45, 7) is 3.94. The lowest BCUT2D eigenvalue weighted by Crippen LogP contribution is -2.15. The van der Waals surface area contributed by atoms with Gasteiger partial charge in [-0.2, -0.15) is 0 Å². The molecule has 0 unspecified atom stereocenters. The van der Waals surface area contributed by atoms with Gasteiger partial charge in [0, 0.05) is 23.5 Å². The molecule has 0 bridgehead atoms. The van der Waals surface area contributed by atoms with E-state index in [0.717, 1.165) is 24.2 Å². The Hall–Kier alpha value is -1.91. The molecule has 2 heterocycles. The van der Waals surface area contributed by atoms with Crippen LogP contribution in [0, 0.1) is 6.92 Å². The first-order valence-electron chi connectivity index (χ1n) is 5.30. The average Bonchev–Trinajstić information content (AvgIpc) is 2.60. The Kier molecular flexibility index (Phi) is 2.85. The first-order chi connectivity index (χ1) is 7.70. The Bertz CT molecular complexity index is 541. The van der Waals surface area contributed by atoms with Crippen molar-refractivity contribution in [1.82, 2.24) is 19.7 Å². The van der Waals surface area contributed by atoms with Gasteiger partial charge in [-0.3, -0.25) is 9.89 Å². The van der Waals surface area contributed by atoms with Crippen molar-refractivity contribution in [2.45, 2.75) is 26.7 Å². The van der Waals surface area contributed by atoms with Crippen LogP contribution in [-0.4, -0.2) is 19.7 Å². The Morgan fingerprint density at radius 1 is 1.38 bits per heavy atom. The summed E-state index contributed by atoms with van der Waals surface area (Å²) in [7, 11) is 0. The van der Waals surface area contributed by atoms with Gasteiger partial charge in [0.2, 0.25) is 0 Å². The molecule has 1 N–H and O–H groups in total. The summed E-state index contributed by atoms with van der Waals surface area (Å²) in [6.07, 6.45) is 3.33. The predicted molar refractivity (Wildman–Crippen MR) is 60.7 cm³/mol. The number of aromatic nitrogens is 4. The van der Waals surface area contributed by atoms with Crippen molar-refractivity contribution < 1.29 is 0 Å². The largest absolute Gasteiger partial charge is 0.294 e. The van der Waals surface area contributed by atoms with Gasteiger partial charge < -0.3 is 0 Å². The molecule has 0 aliphatic heterocycles. The van der Waals surface area contributed by atoms with Gasteiger partial charge in [0.1, 0.15) is 6.33 Å². The lowest BCUT2D eigenvalue weighted by atomic mass is 10.3. The fraction of sp³-hybridized carbons (Fsp3) is 0.364. The molecule has 0 aromatic carbocycles. The van der Waals surface area contributed by atoms with E-state index in [0.29, 0.717) is 5.82 Å². The van der Waals surface area contributed by atoms with E-state index in [-0.39, 0.29) is 5.56 Å². The monoisotopic (exact) mass is 218 g/mol. The molecule has 5 heteroatoms. The molecule has 0 amide bonds. The van der Waals surface area contributed by atoms with Crippen LogP contribution in [0.15, 0.2) is 23.3 Å². The fourth-order valence-electron chi connectivity index (χ4n) is 1.57. The summed E-state index contributed by atoms with van der Waals surface area (Å²) in [6, 6.07) is 3.38. The van der Waals surface area contributed by atoms with Crippen LogP contribution in [0.3, 0.4) is 0 Å². The van der Waals surface area contributed by atoms with Gasteiger partial charge >= 0.3 is 0 Å². The van der Waals surface area contributed by atoms with Crippen LogP contribution in [0.4, 0.5) is 0 Å². The second kappa shape index (κ2) is 4.30. The van der Waals surface area contributed by atoms with Crippen molar-refractivity contribution in [3.8, 4) is 5.82 Å². The van der Waals surface area contributed by atoms with E-state index in [1.807, 2.05) is 6.92 Å². The SMILES string of the molecule is CCCc1cc(=O)n(-c2cc(C)ncn2)[nH]1. The maximum Gasteiger partial charge on any atom is 0.272 e. The molecule has 2 aromatic rings. The van der Waals surface area contributed by atoms with Crippen molar-refractivity contribution >= 4 is 0 Å². The molecule has 0 aliphatic rings. The highest BCUT2D eigenvalue weighted by Crippen LogP contribution is 2.02. The third kappa shape index (κ3) is 2.03. The van der Waals surface area contributed by atoms with E-state index in [4.69, 9.17) is 0 Å². The molecule has 0 radical (unpaired) electrons. The number of hydrogen-bond donors (Lipinski definition) is 1. The first kappa shape index (κ1) is 10.6. The second-order valence-corrected chi connectivity index (χ2v) is 3.72. The second-order valence-electron chi connectivity index (χ2n) is 3.72. The first-order valence-corrected chi connectivity index (χ1v) is 5.30. The molecule has 0 saturated heterocycles. The molecule has 0 atom stereocenters. The van der Waals surface area contributed by atoms with Crippen LogP contribution in [0.1, 0.15) is 24.7 Å². The molecule has 84 valence electrons. The average molecular weight is 218 g/mol. The van der Waals surface area contributed by atoms with Crippen LogP contribution in [0.2, 0.25) is 0 Å². The van der Waals surface area contributed by atoms with E-state index in [2.05, 4.69) is 22.0 Å². The maximum atomic E-state index is 11.7. The molecule has 2 rings (SSSR count). The van der Waals surface area contributed by atoms with Crippen LogP contribution in [0.5, 0.6) is 0 Å². The lowest BCUT2D eigenvalue weighted by molar-refractivity contribution is 0.770. The number of rotatable bonds is 3. The lowest BCUT2D eigenvalue weighted by Gasteiger charge is -2.00. The number of nitrogens with zero attached hydrogens (tertiary/aromatic N) is 3. The van der Waals surface area contributed by atoms with E-state index in [9.17, 15) is 4.79 Å². The molecule has 0 saturated carbocycles. The van der Waals surface area contributed by atoms with Gasteiger partial charge in [0.15, 0.2) is 5.82 Å². The molecule has 5 nitrogen and oxygen atoms in total. The third-order valence-corrected chi connectivity index (χ3v) is 2.31. The summed E-state index contributed by atoms with van der Waals surface area (Å²) in [5.74, 6) is 0.583. The van der Waals surface area contributed by atoms with Gasteiger partial charge in [-0.25, -0.2) is 14.6 Å². The van der Waals surface area contributed by atoms with Gasteiger partial charge in [-0.05, 0) is 13.3 Å². The van der Waals surface area contributed by atoms with Gasteiger partial charge in [-0.15, -0.1) is 0 Å². The molecule has 16 heavy (non-hydrogen) atoms. The quantitative estimate of drug-likeness (QED) is 0.842. The van der Waals surface area contributed by atoms with E-state index < -0.39 is 0 Å². The zero-order chi connectivity index (χ0) is 11.5. The number of nitrogens with one attached hydrogen (secondary N) is 1. The highest BCUT2D eigenvalue weighted by molar-refractivity contribution is 5.22. The summed E-state index contributed by atoms with van der Waals surface area (Å²) in [5.41, 5.74) is 1.69. The molecule has 0 aliphatic carbocycles. The Morgan fingerprint density at radius 3 is 2.88 bits per heavy atom. The van der Waals surface area contributed by atoms with Gasteiger partial charge in [0.25, 0.3) is 5.56 Å². The number of H-pyrrole nitrogens is 1. The predicted octanol–water partition coefficient (Wildman–Crippen LogP) is 1.22. The minimum absolute atomic E-state index is 0.0819. The minimum atomic E-state index is -0.0819. The molecular formula is C11H14N4O. The van der Waals surface area contributed by atoms with Crippen molar-refractivity contribution in [2.24, 2.45) is 0 Å². The van der Waals surface area contributed by atoms with Crippen molar-refractivity contribution in [3.05, 3.63) is 40.2 Å². The summed E-state index contributed by atoms with van der Waals surface area (Å²) >= 11 is 0. The summed E-state index contributed by atoms with van der Waals surface area (Å²) < 4.78 is 1.44. The zero-order valence-electron chi connectivity index (χ0n) is 9.40. The normalized spacial score (nSPS) is 10.6. The smallest absolute Gasteiger partial charge is 0.272 e.